The van der Waals surface area contributed by atoms with Crippen molar-refractivity contribution in [2.45, 2.75) is 90.9 Å². The number of unbranched alkanes of at least 4 members (excludes halogenated alkanes) is 9. The molecule has 0 bridgehead atoms. The zero-order valence-corrected chi connectivity index (χ0v) is 13.7. The van der Waals surface area contributed by atoms with Crippen LogP contribution in [0.5, 0.6) is 0 Å². The van der Waals surface area contributed by atoms with Crippen molar-refractivity contribution in [3.63, 3.8) is 0 Å². The molecule has 0 aliphatic rings. The van der Waals surface area contributed by atoms with Gasteiger partial charge in [0.1, 0.15) is 0 Å². The number of carboxylic acids is 2. The van der Waals surface area contributed by atoms with Crippen LogP contribution in [0.4, 0.5) is 0 Å². The number of carboxylic acid groups (broad SMARTS) is 2. The van der Waals surface area contributed by atoms with E-state index in [0.717, 1.165) is 12.8 Å². The molecule has 0 aliphatic carbocycles. The van der Waals surface area contributed by atoms with E-state index in [-0.39, 0.29) is 83.1 Å². The molecule has 0 saturated carbocycles. The van der Waals surface area contributed by atoms with Gasteiger partial charge in [0.05, 0.1) is 0 Å². The van der Waals surface area contributed by atoms with Crippen LogP contribution in [-0.4, -0.2) is 92.4 Å². The molecule has 0 fully saturated rings. The van der Waals surface area contributed by atoms with Crippen LogP contribution in [0.2, 0.25) is 0 Å². The second kappa shape index (κ2) is 18.0. The van der Waals surface area contributed by atoms with Gasteiger partial charge in [-0.15, -0.1) is 0 Å². The van der Waals surface area contributed by atoms with E-state index in [4.69, 9.17) is 10.2 Å². The first kappa shape index (κ1) is 29.0. The molecule has 6 heteroatoms. The fourth-order valence-corrected chi connectivity index (χ4v) is 2.70. The molecule has 0 unspecified atom stereocenters. The Morgan fingerprint density at radius 1 is 0.739 bits per heavy atom. The van der Waals surface area contributed by atoms with Crippen molar-refractivity contribution in [3.05, 3.63) is 0 Å². The van der Waals surface area contributed by atoms with Crippen LogP contribution >= 0.6 is 0 Å². The summed E-state index contributed by atoms with van der Waals surface area (Å²) in [7, 11) is 0. The predicted molar refractivity (Wildman–Crippen MR) is 98.8 cm³/mol. The van der Waals surface area contributed by atoms with Crippen LogP contribution in [0.1, 0.15) is 90.9 Å². The summed E-state index contributed by atoms with van der Waals surface area (Å²) in [5.74, 6) is -2.40. The average molecular weight is 348 g/mol. The minimum atomic E-state index is -1.58. The molecule has 128 valence electrons. The first-order chi connectivity index (χ1) is 10.0. The Balaban J connectivity index is -0.00000200. The number of aliphatic carboxylic acids is 2. The summed E-state index contributed by atoms with van der Waals surface area (Å²) in [4.78, 5) is 22.4. The third-order valence-corrected chi connectivity index (χ3v) is 4.38. The van der Waals surface area contributed by atoms with Gasteiger partial charge in [0.15, 0.2) is 5.41 Å². The molecule has 0 heterocycles. The van der Waals surface area contributed by atoms with Gasteiger partial charge in [0.2, 0.25) is 0 Å². The first-order valence-corrected chi connectivity index (χ1v) is 8.48. The summed E-state index contributed by atoms with van der Waals surface area (Å²) in [5.41, 5.74) is -1.58. The Morgan fingerprint density at radius 2 is 1.09 bits per heavy atom. The van der Waals surface area contributed by atoms with E-state index in [1.807, 2.05) is 0 Å². The molecular formula is C17H34KLiO4. The Hall–Kier alpha value is 1.17. The van der Waals surface area contributed by atoms with Crippen LogP contribution in [0, 0.1) is 5.41 Å². The standard InChI is InChI=1S/C17H32O4.K.Li.2H/c1-3-5-6-7-8-9-10-11-12-13-14-17(4-2,15(18)19)16(20)21;;;;/h3-14H2,1-2H3,(H,18,19)(H,20,21);;;;. The number of hydrogen-bond acceptors (Lipinski definition) is 2. The maximum atomic E-state index is 11.2. The van der Waals surface area contributed by atoms with Gasteiger partial charge in [-0.25, -0.2) is 0 Å². The molecule has 0 aromatic heterocycles. The van der Waals surface area contributed by atoms with Crippen molar-refractivity contribution in [1.82, 2.24) is 0 Å². The second-order valence-corrected chi connectivity index (χ2v) is 5.98. The number of rotatable bonds is 14. The fraction of sp³-hybridized carbons (Fsp3) is 0.882. The van der Waals surface area contributed by atoms with E-state index in [0.29, 0.717) is 6.42 Å². The van der Waals surface area contributed by atoms with Crippen LogP contribution < -0.4 is 0 Å². The van der Waals surface area contributed by atoms with E-state index in [2.05, 4.69) is 6.92 Å². The second-order valence-electron chi connectivity index (χ2n) is 5.98. The predicted octanol–water partition coefficient (Wildman–Crippen LogP) is 3.57. The first-order valence-electron chi connectivity index (χ1n) is 8.48. The quantitative estimate of drug-likeness (QED) is 0.286. The molecule has 0 aliphatic heterocycles. The molecule has 0 amide bonds. The van der Waals surface area contributed by atoms with Crippen molar-refractivity contribution in [3.8, 4) is 0 Å². The summed E-state index contributed by atoms with van der Waals surface area (Å²) in [6.45, 7) is 3.85. The summed E-state index contributed by atoms with van der Waals surface area (Å²) in [5, 5.41) is 18.3. The summed E-state index contributed by atoms with van der Waals surface area (Å²) in [6.07, 6.45) is 12.0. The van der Waals surface area contributed by atoms with Gasteiger partial charge >= 0.3 is 82.2 Å². The van der Waals surface area contributed by atoms with Crippen LogP contribution in [0.3, 0.4) is 0 Å². The summed E-state index contributed by atoms with van der Waals surface area (Å²) in [6, 6.07) is 0. The van der Waals surface area contributed by atoms with Gasteiger partial charge < -0.3 is 10.2 Å². The maximum absolute atomic E-state index is 11.2. The third-order valence-electron chi connectivity index (χ3n) is 4.38. The van der Waals surface area contributed by atoms with Gasteiger partial charge in [-0.3, -0.25) is 9.59 Å². The zero-order chi connectivity index (χ0) is 16.1. The summed E-state index contributed by atoms with van der Waals surface area (Å²) < 4.78 is 0. The van der Waals surface area contributed by atoms with Gasteiger partial charge in [0, 0.05) is 0 Å². The van der Waals surface area contributed by atoms with Crippen molar-refractivity contribution in [2.75, 3.05) is 0 Å². The molecule has 4 nitrogen and oxygen atoms in total. The van der Waals surface area contributed by atoms with E-state index < -0.39 is 17.4 Å². The molecule has 0 saturated heterocycles. The minimum absolute atomic E-state index is 0. The Morgan fingerprint density at radius 3 is 1.39 bits per heavy atom. The Bertz CT molecular complexity index is 297. The van der Waals surface area contributed by atoms with Gasteiger partial charge in [-0.1, -0.05) is 78.1 Å². The summed E-state index contributed by atoms with van der Waals surface area (Å²) >= 11 is 0. The van der Waals surface area contributed by atoms with Crippen LogP contribution in [0.15, 0.2) is 0 Å². The fourth-order valence-electron chi connectivity index (χ4n) is 2.70. The average Bonchev–Trinajstić information content (AvgIpc) is 2.44. The van der Waals surface area contributed by atoms with Gasteiger partial charge in [-0.05, 0) is 12.8 Å². The third kappa shape index (κ3) is 12.2. The molecular weight excluding hydrogens is 314 g/mol. The van der Waals surface area contributed by atoms with Crippen molar-refractivity contribution < 1.29 is 19.8 Å². The van der Waals surface area contributed by atoms with Crippen LogP contribution in [0.25, 0.3) is 0 Å². The Kier molecular flexibility index (Phi) is 22.6. The zero-order valence-electron chi connectivity index (χ0n) is 13.7. The van der Waals surface area contributed by atoms with Crippen LogP contribution in [-0.2, 0) is 9.59 Å². The Labute approximate surface area is 196 Å². The monoisotopic (exact) mass is 348 g/mol. The molecule has 0 radical (unpaired) electrons. The van der Waals surface area contributed by atoms with Gasteiger partial charge in [-0.2, -0.15) is 0 Å². The number of carbonyl (C=O) groups is 2. The molecule has 0 atom stereocenters. The number of hydrogen-bond donors (Lipinski definition) is 2. The molecule has 23 heavy (non-hydrogen) atoms. The van der Waals surface area contributed by atoms with E-state index in [1.54, 1.807) is 6.92 Å². The van der Waals surface area contributed by atoms with E-state index >= 15 is 0 Å². The van der Waals surface area contributed by atoms with E-state index in [1.165, 1.54) is 44.9 Å². The molecule has 0 aromatic rings. The van der Waals surface area contributed by atoms with E-state index in [9.17, 15) is 9.59 Å². The topological polar surface area (TPSA) is 74.6 Å². The molecule has 0 aromatic carbocycles. The van der Waals surface area contributed by atoms with Crippen molar-refractivity contribution >= 4 is 82.2 Å². The van der Waals surface area contributed by atoms with Crippen molar-refractivity contribution in [1.29, 1.82) is 0 Å². The molecule has 0 rings (SSSR count). The normalized spacial score (nSPS) is 10.5. The SMILES string of the molecule is CCCCCCCCCCCCC(CC)(C(=O)O)C(=O)O.[KH].[LiH]. The van der Waals surface area contributed by atoms with Gasteiger partial charge in [0.25, 0.3) is 0 Å². The molecule has 2 N–H and O–H groups in total. The molecule has 0 spiro atoms. The van der Waals surface area contributed by atoms with Crippen molar-refractivity contribution in [2.24, 2.45) is 5.41 Å².